The van der Waals surface area contributed by atoms with E-state index >= 15 is 0 Å². The zero-order valence-electron chi connectivity index (χ0n) is 11.9. The van der Waals surface area contributed by atoms with Crippen molar-refractivity contribution in [1.29, 1.82) is 0 Å². The summed E-state index contributed by atoms with van der Waals surface area (Å²) in [6.07, 6.45) is 5.90. The standard InChI is InChI=1S/C14H19ClN4O2/c15-11-9-16-14(17-10-11)19-5-3-18(4-6-19)13(20)8-12-2-1-7-21-12/h9-10,12H,1-8H2. The molecule has 7 heteroatoms. The van der Waals surface area contributed by atoms with Gasteiger partial charge in [0.25, 0.3) is 0 Å². The van der Waals surface area contributed by atoms with Crippen LogP contribution in [0, 0.1) is 0 Å². The predicted molar refractivity (Wildman–Crippen MR) is 79.4 cm³/mol. The van der Waals surface area contributed by atoms with Gasteiger partial charge in [-0.15, -0.1) is 0 Å². The molecule has 3 rings (SSSR count). The van der Waals surface area contributed by atoms with Crippen molar-refractivity contribution in [3.8, 4) is 0 Å². The second-order valence-electron chi connectivity index (χ2n) is 5.41. The summed E-state index contributed by atoms with van der Waals surface area (Å²) in [5.41, 5.74) is 0. The second-order valence-corrected chi connectivity index (χ2v) is 5.84. The molecule has 0 spiro atoms. The van der Waals surface area contributed by atoms with E-state index in [1.165, 1.54) is 0 Å². The minimum atomic E-state index is 0.120. The molecule has 2 aliphatic rings. The minimum Gasteiger partial charge on any atom is -0.378 e. The fourth-order valence-electron chi connectivity index (χ4n) is 2.75. The van der Waals surface area contributed by atoms with Gasteiger partial charge in [0.15, 0.2) is 0 Å². The van der Waals surface area contributed by atoms with Crippen LogP contribution in [0.25, 0.3) is 0 Å². The van der Waals surface area contributed by atoms with Crippen molar-refractivity contribution in [2.75, 3.05) is 37.7 Å². The van der Waals surface area contributed by atoms with Crippen LogP contribution in [0.3, 0.4) is 0 Å². The molecular weight excluding hydrogens is 292 g/mol. The molecular formula is C14H19ClN4O2. The molecule has 21 heavy (non-hydrogen) atoms. The largest absolute Gasteiger partial charge is 0.378 e. The number of rotatable bonds is 3. The van der Waals surface area contributed by atoms with E-state index in [0.717, 1.165) is 32.5 Å². The molecule has 1 aromatic rings. The SMILES string of the molecule is O=C(CC1CCCO1)N1CCN(c2ncc(Cl)cn2)CC1. The summed E-state index contributed by atoms with van der Waals surface area (Å²) in [5, 5.41) is 0.532. The number of anilines is 1. The second kappa shape index (κ2) is 6.58. The van der Waals surface area contributed by atoms with Crippen molar-refractivity contribution >= 4 is 23.5 Å². The average Bonchev–Trinajstić information content (AvgIpc) is 3.01. The summed E-state index contributed by atoms with van der Waals surface area (Å²) in [7, 11) is 0. The van der Waals surface area contributed by atoms with Crippen LogP contribution in [0.2, 0.25) is 5.02 Å². The summed E-state index contributed by atoms with van der Waals surface area (Å²) < 4.78 is 5.53. The summed E-state index contributed by atoms with van der Waals surface area (Å²) >= 11 is 5.79. The highest BCUT2D eigenvalue weighted by molar-refractivity contribution is 6.30. The van der Waals surface area contributed by atoms with Crippen LogP contribution in [-0.2, 0) is 9.53 Å². The first-order valence-electron chi connectivity index (χ1n) is 7.34. The number of carbonyl (C=O) groups excluding carboxylic acids is 1. The van der Waals surface area contributed by atoms with Gasteiger partial charge >= 0.3 is 0 Å². The van der Waals surface area contributed by atoms with Crippen LogP contribution >= 0.6 is 11.6 Å². The maximum atomic E-state index is 12.2. The van der Waals surface area contributed by atoms with E-state index in [4.69, 9.17) is 16.3 Å². The van der Waals surface area contributed by atoms with Crippen molar-refractivity contribution < 1.29 is 9.53 Å². The molecule has 1 unspecified atom stereocenters. The molecule has 1 atom stereocenters. The normalized spacial score (nSPS) is 22.6. The van der Waals surface area contributed by atoms with Gasteiger partial charge in [-0.1, -0.05) is 11.6 Å². The number of aromatic nitrogens is 2. The van der Waals surface area contributed by atoms with Crippen molar-refractivity contribution in [2.24, 2.45) is 0 Å². The van der Waals surface area contributed by atoms with E-state index in [0.29, 0.717) is 30.5 Å². The first-order valence-corrected chi connectivity index (χ1v) is 7.72. The highest BCUT2D eigenvalue weighted by Crippen LogP contribution is 2.18. The van der Waals surface area contributed by atoms with E-state index in [1.54, 1.807) is 12.4 Å². The predicted octanol–water partition coefficient (Wildman–Crippen LogP) is 1.35. The summed E-state index contributed by atoms with van der Waals surface area (Å²) in [5.74, 6) is 0.865. The lowest BCUT2D eigenvalue weighted by Gasteiger charge is -2.35. The Bertz CT molecular complexity index is 482. The van der Waals surface area contributed by atoms with Crippen molar-refractivity contribution in [3.63, 3.8) is 0 Å². The highest BCUT2D eigenvalue weighted by atomic mass is 35.5. The number of ether oxygens (including phenoxy) is 1. The van der Waals surface area contributed by atoms with Crippen molar-refractivity contribution in [3.05, 3.63) is 17.4 Å². The number of hydrogen-bond acceptors (Lipinski definition) is 5. The van der Waals surface area contributed by atoms with Gasteiger partial charge in [0.1, 0.15) is 0 Å². The molecule has 0 N–H and O–H groups in total. The maximum Gasteiger partial charge on any atom is 0.225 e. The van der Waals surface area contributed by atoms with E-state index in [1.807, 2.05) is 4.90 Å². The first kappa shape index (κ1) is 14.5. The van der Waals surface area contributed by atoms with E-state index in [-0.39, 0.29) is 12.0 Å². The summed E-state index contributed by atoms with van der Waals surface area (Å²) in [4.78, 5) is 24.6. The molecule has 6 nitrogen and oxygen atoms in total. The lowest BCUT2D eigenvalue weighted by Crippen LogP contribution is -2.49. The van der Waals surface area contributed by atoms with Gasteiger partial charge in [-0.3, -0.25) is 4.79 Å². The highest BCUT2D eigenvalue weighted by Gasteiger charge is 2.26. The lowest BCUT2D eigenvalue weighted by atomic mass is 10.1. The summed E-state index contributed by atoms with van der Waals surface area (Å²) in [6, 6.07) is 0. The van der Waals surface area contributed by atoms with Crippen molar-refractivity contribution in [1.82, 2.24) is 14.9 Å². The van der Waals surface area contributed by atoms with Crippen LogP contribution in [0.4, 0.5) is 5.95 Å². The number of piperazine rings is 1. The Morgan fingerprint density at radius 1 is 1.29 bits per heavy atom. The van der Waals surface area contributed by atoms with Gasteiger partial charge in [0.05, 0.1) is 29.9 Å². The maximum absolute atomic E-state index is 12.2. The van der Waals surface area contributed by atoms with Gasteiger partial charge in [-0.05, 0) is 12.8 Å². The molecule has 3 heterocycles. The Balaban J connectivity index is 1.50. The Morgan fingerprint density at radius 3 is 2.62 bits per heavy atom. The van der Waals surface area contributed by atoms with Crippen LogP contribution in [0.5, 0.6) is 0 Å². The third-order valence-electron chi connectivity index (χ3n) is 3.95. The van der Waals surface area contributed by atoms with E-state index < -0.39 is 0 Å². The molecule has 0 saturated carbocycles. The monoisotopic (exact) mass is 310 g/mol. The summed E-state index contributed by atoms with van der Waals surface area (Å²) in [6.45, 7) is 3.70. The molecule has 0 aromatic carbocycles. The molecule has 0 radical (unpaired) electrons. The third kappa shape index (κ3) is 3.63. The first-order chi connectivity index (χ1) is 10.2. The number of hydrogen-bond donors (Lipinski definition) is 0. The van der Waals surface area contributed by atoms with Gasteiger partial charge in [-0.25, -0.2) is 9.97 Å². The Labute approximate surface area is 129 Å². The average molecular weight is 311 g/mol. The van der Waals surface area contributed by atoms with Crippen LogP contribution in [-0.4, -0.2) is 59.7 Å². The molecule has 0 bridgehead atoms. The van der Waals surface area contributed by atoms with Crippen molar-refractivity contribution in [2.45, 2.75) is 25.4 Å². The smallest absolute Gasteiger partial charge is 0.225 e. The van der Waals surface area contributed by atoms with Crippen LogP contribution in [0.1, 0.15) is 19.3 Å². The number of amides is 1. The van der Waals surface area contributed by atoms with Crippen LogP contribution < -0.4 is 4.90 Å². The molecule has 2 saturated heterocycles. The number of nitrogens with zero attached hydrogens (tertiary/aromatic N) is 4. The Morgan fingerprint density at radius 2 is 2.00 bits per heavy atom. The fraction of sp³-hybridized carbons (Fsp3) is 0.643. The van der Waals surface area contributed by atoms with Gasteiger partial charge < -0.3 is 14.5 Å². The zero-order chi connectivity index (χ0) is 14.7. The van der Waals surface area contributed by atoms with Gasteiger partial charge in [0, 0.05) is 32.8 Å². The zero-order valence-corrected chi connectivity index (χ0v) is 12.6. The minimum absolute atomic E-state index is 0.120. The topological polar surface area (TPSA) is 58.6 Å². The molecule has 2 fully saturated rings. The number of halogens is 1. The molecule has 2 aliphatic heterocycles. The third-order valence-corrected chi connectivity index (χ3v) is 4.14. The van der Waals surface area contributed by atoms with Crippen LogP contribution in [0.15, 0.2) is 12.4 Å². The quantitative estimate of drug-likeness (QED) is 0.843. The van der Waals surface area contributed by atoms with E-state index in [2.05, 4.69) is 14.9 Å². The number of carbonyl (C=O) groups is 1. The molecule has 114 valence electrons. The Hall–Kier alpha value is -1.40. The fourth-order valence-corrected chi connectivity index (χ4v) is 2.85. The van der Waals surface area contributed by atoms with E-state index in [9.17, 15) is 4.79 Å². The van der Waals surface area contributed by atoms with Gasteiger partial charge in [0.2, 0.25) is 11.9 Å². The molecule has 0 aliphatic carbocycles. The lowest BCUT2D eigenvalue weighted by molar-refractivity contribution is -0.133. The van der Waals surface area contributed by atoms with Gasteiger partial charge in [-0.2, -0.15) is 0 Å². The Kier molecular flexibility index (Phi) is 4.55. The molecule has 1 aromatic heterocycles. The molecule has 1 amide bonds.